The van der Waals surface area contributed by atoms with Crippen LogP contribution in [-0.4, -0.2) is 24.1 Å². The van der Waals surface area contributed by atoms with Crippen LogP contribution in [0.3, 0.4) is 0 Å². The van der Waals surface area contributed by atoms with Gasteiger partial charge < -0.3 is 15.4 Å². The van der Waals surface area contributed by atoms with Gasteiger partial charge >= 0.3 is 0 Å². The Balaban J connectivity index is 1.75. The molecular formula is C14H23N3OS. The lowest BCUT2D eigenvalue weighted by molar-refractivity contribution is 0.202. The monoisotopic (exact) mass is 281 g/mol. The lowest BCUT2D eigenvalue weighted by Crippen LogP contribution is -2.41. The van der Waals surface area contributed by atoms with E-state index in [1.807, 2.05) is 6.92 Å². The summed E-state index contributed by atoms with van der Waals surface area (Å²) >= 11 is 1.49. The highest BCUT2D eigenvalue weighted by Crippen LogP contribution is 2.43. The highest BCUT2D eigenvalue weighted by Gasteiger charge is 2.33. The summed E-state index contributed by atoms with van der Waals surface area (Å²) in [6.07, 6.45) is 6.96. The molecule has 2 heterocycles. The Hall–Kier alpha value is -0.970. The standard InChI is InChI=1S/C14H23N3OS/c1-2-18-12-13(15)16-19-14(12)17-8-7-10-5-3-4-6-11(10)9-17/h10-11H,2-9H2,1H3,(H2,15,16). The number of ether oxygens (including phenoxy) is 1. The number of fused-ring (bicyclic) bond motifs is 1. The second kappa shape index (κ2) is 5.57. The number of aromatic nitrogens is 1. The molecule has 2 fully saturated rings. The Morgan fingerprint density at radius 3 is 2.89 bits per heavy atom. The van der Waals surface area contributed by atoms with Gasteiger partial charge in [0.15, 0.2) is 16.6 Å². The maximum atomic E-state index is 5.91. The van der Waals surface area contributed by atoms with Gasteiger partial charge in [-0.15, -0.1) is 0 Å². The summed E-state index contributed by atoms with van der Waals surface area (Å²) in [5.74, 6) is 3.17. The van der Waals surface area contributed by atoms with Crippen LogP contribution in [-0.2, 0) is 0 Å². The maximum absolute atomic E-state index is 5.91. The minimum atomic E-state index is 0.549. The number of rotatable bonds is 3. The van der Waals surface area contributed by atoms with Gasteiger partial charge in [-0.25, -0.2) is 0 Å². The van der Waals surface area contributed by atoms with Crippen molar-refractivity contribution in [2.24, 2.45) is 11.8 Å². The Bertz CT molecular complexity index is 434. The molecular weight excluding hydrogens is 258 g/mol. The molecule has 1 aromatic heterocycles. The third kappa shape index (κ3) is 2.53. The van der Waals surface area contributed by atoms with Crippen LogP contribution in [0.15, 0.2) is 0 Å². The van der Waals surface area contributed by atoms with Crippen molar-refractivity contribution >= 4 is 22.4 Å². The minimum absolute atomic E-state index is 0.549. The third-order valence-electron chi connectivity index (χ3n) is 4.52. The largest absolute Gasteiger partial charge is 0.487 e. The smallest absolute Gasteiger partial charge is 0.197 e. The molecule has 2 N–H and O–H groups in total. The van der Waals surface area contributed by atoms with E-state index < -0.39 is 0 Å². The molecule has 0 radical (unpaired) electrons. The molecule has 1 aliphatic carbocycles. The van der Waals surface area contributed by atoms with E-state index in [0.717, 1.165) is 35.7 Å². The number of nitrogens with two attached hydrogens (primary N) is 1. The van der Waals surface area contributed by atoms with E-state index in [1.165, 1.54) is 43.6 Å². The van der Waals surface area contributed by atoms with Gasteiger partial charge in [0.1, 0.15) is 0 Å². The Morgan fingerprint density at radius 2 is 2.11 bits per heavy atom. The van der Waals surface area contributed by atoms with Crippen molar-refractivity contribution in [3.05, 3.63) is 0 Å². The first-order valence-electron chi connectivity index (χ1n) is 7.42. The first-order chi connectivity index (χ1) is 9.29. The molecule has 1 saturated carbocycles. The van der Waals surface area contributed by atoms with Gasteiger partial charge in [0, 0.05) is 13.1 Å². The van der Waals surface area contributed by atoms with Crippen LogP contribution < -0.4 is 15.4 Å². The van der Waals surface area contributed by atoms with Gasteiger partial charge in [0.05, 0.1) is 6.61 Å². The molecule has 3 rings (SSSR count). The molecule has 2 unspecified atom stereocenters. The van der Waals surface area contributed by atoms with Gasteiger partial charge in [-0.2, -0.15) is 4.37 Å². The number of nitrogens with zero attached hydrogens (tertiary/aromatic N) is 2. The van der Waals surface area contributed by atoms with E-state index in [1.54, 1.807) is 0 Å². The highest BCUT2D eigenvalue weighted by atomic mass is 32.1. The van der Waals surface area contributed by atoms with Gasteiger partial charge in [-0.05, 0) is 43.1 Å². The Kier molecular flexibility index (Phi) is 3.82. The number of anilines is 2. The lowest BCUT2D eigenvalue weighted by Gasteiger charge is -2.41. The average molecular weight is 281 g/mol. The van der Waals surface area contributed by atoms with Gasteiger partial charge in [0.25, 0.3) is 0 Å². The molecule has 0 aromatic carbocycles. The fourth-order valence-corrected chi connectivity index (χ4v) is 4.35. The van der Waals surface area contributed by atoms with Crippen LogP contribution >= 0.6 is 11.5 Å². The Labute approximate surface area is 119 Å². The fraction of sp³-hybridized carbons (Fsp3) is 0.786. The zero-order valence-electron chi connectivity index (χ0n) is 11.6. The van der Waals surface area contributed by atoms with Crippen molar-refractivity contribution in [1.29, 1.82) is 0 Å². The zero-order chi connectivity index (χ0) is 13.2. The molecule has 0 spiro atoms. The summed E-state index contributed by atoms with van der Waals surface area (Å²) in [4.78, 5) is 2.45. The third-order valence-corrected chi connectivity index (χ3v) is 5.43. The van der Waals surface area contributed by atoms with Crippen LogP contribution in [0, 0.1) is 11.8 Å². The average Bonchev–Trinajstić information content (AvgIpc) is 2.80. The first-order valence-corrected chi connectivity index (χ1v) is 8.19. The summed E-state index contributed by atoms with van der Waals surface area (Å²) in [6.45, 7) is 4.93. The molecule has 1 aliphatic heterocycles. The maximum Gasteiger partial charge on any atom is 0.197 e. The van der Waals surface area contributed by atoms with Crippen molar-refractivity contribution in [1.82, 2.24) is 4.37 Å². The molecule has 1 saturated heterocycles. The van der Waals surface area contributed by atoms with Gasteiger partial charge in [0.2, 0.25) is 0 Å². The molecule has 2 atom stereocenters. The van der Waals surface area contributed by atoms with Crippen molar-refractivity contribution in [3.63, 3.8) is 0 Å². The SMILES string of the molecule is CCOc1c(N)nsc1N1CCC2CCCCC2C1. The predicted octanol–water partition coefficient (Wildman–Crippen LogP) is 3.14. The van der Waals surface area contributed by atoms with E-state index in [0.29, 0.717) is 12.4 Å². The van der Waals surface area contributed by atoms with Crippen LogP contribution in [0.4, 0.5) is 10.8 Å². The van der Waals surface area contributed by atoms with E-state index in [2.05, 4.69) is 9.27 Å². The normalized spacial score (nSPS) is 27.1. The van der Waals surface area contributed by atoms with Gasteiger partial charge in [-0.1, -0.05) is 19.3 Å². The highest BCUT2D eigenvalue weighted by molar-refractivity contribution is 7.11. The van der Waals surface area contributed by atoms with E-state index >= 15 is 0 Å². The molecule has 5 heteroatoms. The Morgan fingerprint density at radius 1 is 1.32 bits per heavy atom. The number of nitrogen functional groups attached to an aromatic ring is 1. The van der Waals surface area contributed by atoms with Crippen molar-refractivity contribution in [3.8, 4) is 5.75 Å². The number of hydrogen-bond donors (Lipinski definition) is 1. The van der Waals surface area contributed by atoms with E-state index in [4.69, 9.17) is 10.5 Å². The van der Waals surface area contributed by atoms with E-state index in [9.17, 15) is 0 Å². The summed E-state index contributed by atoms with van der Waals surface area (Å²) in [5.41, 5.74) is 5.91. The van der Waals surface area contributed by atoms with Crippen LogP contribution in [0.2, 0.25) is 0 Å². The number of piperidine rings is 1. The second-order valence-corrected chi connectivity index (χ2v) is 6.43. The molecule has 2 aliphatic rings. The van der Waals surface area contributed by atoms with Gasteiger partial charge in [-0.3, -0.25) is 0 Å². The van der Waals surface area contributed by atoms with Crippen LogP contribution in [0.1, 0.15) is 39.0 Å². The summed E-state index contributed by atoms with van der Waals surface area (Å²) in [5, 5.41) is 1.14. The summed E-state index contributed by atoms with van der Waals surface area (Å²) < 4.78 is 9.95. The fourth-order valence-electron chi connectivity index (χ4n) is 3.55. The molecule has 19 heavy (non-hydrogen) atoms. The quantitative estimate of drug-likeness (QED) is 0.924. The topological polar surface area (TPSA) is 51.4 Å². The number of hydrogen-bond acceptors (Lipinski definition) is 5. The molecule has 106 valence electrons. The predicted molar refractivity (Wildman–Crippen MR) is 80.0 cm³/mol. The molecule has 0 bridgehead atoms. The van der Waals surface area contributed by atoms with E-state index in [-0.39, 0.29) is 0 Å². The van der Waals surface area contributed by atoms with Crippen molar-refractivity contribution in [2.45, 2.75) is 39.0 Å². The lowest BCUT2D eigenvalue weighted by atomic mass is 9.75. The first kappa shape index (κ1) is 13.0. The van der Waals surface area contributed by atoms with Crippen molar-refractivity contribution < 1.29 is 4.74 Å². The molecule has 1 aromatic rings. The van der Waals surface area contributed by atoms with Crippen LogP contribution in [0.5, 0.6) is 5.75 Å². The molecule has 4 nitrogen and oxygen atoms in total. The minimum Gasteiger partial charge on any atom is -0.487 e. The van der Waals surface area contributed by atoms with Crippen LogP contribution in [0.25, 0.3) is 0 Å². The summed E-state index contributed by atoms with van der Waals surface area (Å²) in [7, 11) is 0. The summed E-state index contributed by atoms with van der Waals surface area (Å²) in [6, 6.07) is 0. The zero-order valence-corrected chi connectivity index (χ0v) is 12.4. The second-order valence-electron chi connectivity index (χ2n) is 5.67. The van der Waals surface area contributed by atoms with Crippen molar-refractivity contribution in [2.75, 3.05) is 30.3 Å². The molecule has 0 amide bonds.